The van der Waals surface area contributed by atoms with Crippen molar-refractivity contribution >= 4 is 11.9 Å². The minimum Gasteiger partial charge on any atom is -0.493 e. The lowest BCUT2D eigenvalue weighted by atomic mass is 9.89. The highest BCUT2D eigenvalue weighted by Crippen LogP contribution is 2.40. The number of carbonyl (C=O) groups is 1. The van der Waals surface area contributed by atoms with E-state index < -0.39 is 17.9 Å². The number of hydrogen-bond donors (Lipinski definition) is 1. The van der Waals surface area contributed by atoms with Gasteiger partial charge < -0.3 is 19.5 Å². The third kappa shape index (κ3) is 2.90. The third-order valence-corrected chi connectivity index (χ3v) is 4.08. The summed E-state index contributed by atoms with van der Waals surface area (Å²) in [5, 5.41) is 7.26. The first-order valence-corrected chi connectivity index (χ1v) is 7.84. The molecule has 0 bridgehead atoms. The number of nitrogens with zero attached hydrogens (tertiary/aromatic N) is 3. The number of ether oxygens (including phenoxy) is 3. The van der Waals surface area contributed by atoms with E-state index in [4.69, 9.17) is 14.2 Å². The van der Waals surface area contributed by atoms with Crippen molar-refractivity contribution in [2.24, 2.45) is 5.92 Å². The predicted molar refractivity (Wildman–Crippen MR) is 90.6 cm³/mol. The highest BCUT2D eigenvalue weighted by molar-refractivity contribution is 5.79. The van der Waals surface area contributed by atoms with Crippen LogP contribution in [-0.4, -0.2) is 41.6 Å². The molecule has 2 unspecified atom stereocenters. The van der Waals surface area contributed by atoms with Crippen LogP contribution >= 0.6 is 0 Å². The summed E-state index contributed by atoms with van der Waals surface area (Å²) in [7, 11) is 2.92. The largest absolute Gasteiger partial charge is 0.493 e. The first-order chi connectivity index (χ1) is 12.1. The van der Waals surface area contributed by atoms with Gasteiger partial charge in [0, 0.05) is 5.70 Å². The Hall–Kier alpha value is -3.03. The fourth-order valence-corrected chi connectivity index (χ4v) is 2.97. The summed E-state index contributed by atoms with van der Waals surface area (Å²) in [5.41, 5.74) is 1.32. The minimum atomic E-state index is -0.651. The Morgan fingerprint density at radius 2 is 2.16 bits per heavy atom. The first-order valence-electron chi connectivity index (χ1n) is 7.84. The van der Waals surface area contributed by atoms with Crippen LogP contribution in [0.3, 0.4) is 0 Å². The summed E-state index contributed by atoms with van der Waals surface area (Å²) in [6, 6.07) is 5.06. The lowest BCUT2D eigenvalue weighted by Crippen LogP contribution is -2.37. The normalized spacial score (nSPS) is 18.9. The molecule has 3 rings (SSSR count). The fourth-order valence-electron chi connectivity index (χ4n) is 2.97. The summed E-state index contributed by atoms with van der Waals surface area (Å²) in [6.45, 7) is 6.39. The zero-order valence-corrected chi connectivity index (χ0v) is 14.4. The van der Waals surface area contributed by atoms with Gasteiger partial charge in [-0.15, -0.1) is 0 Å². The van der Waals surface area contributed by atoms with Crippen LogP contribution in [0.2, 0.25) is 0 Å². The van der Waals surface area contributed by atoms with E-state index in [1.807, 2.05) is 25.1 Å². The van der Waals surface area contributed by atoms with E-state index in [0.717, 1.165) is 5.56 Å². The van der Waals surface area contributed by atoms with Crippen LogP contribution in [0.25, 0.3) is 0 Å². The van der Waals surface area contributed by atoms with Crippen LogP contribution in [0.5, 0.6) is 11.5 Å². The highest BCUT2D eigenvalue weighted by atomic mass is 16.5. The number of aromatic nitrogens is 3. The number of esters is 1. The lowest BCUT2D eigenvalue weighted by Gasteiger charge is -2.33. The molecule has 1 aromatic carbocycles. The highest BCUT2D eigenvalue weighted by Gasteiger charge is 2.40. The molecular weight excluding hydrogens is 324 g/mol. The molecule has 0 radical (unpaired) electrons. The number of rotatable bonds is 5. The number of fused-ring (bicyclic) bond motifs is 1. The van der Waals surface area contributed by atoms with Gasteiger partial charge in [-0.05, 0) is 24.6 Å². The number of anilines is 1. The zero-order valence-electron chi connectivity index (χ0n) is 14.4. The molecule has 0 aliphatic carbocycles. The van der Waals surface area contributed by atoms with Gasteiger partial charge in [0.15, 0.2) is 11.5 Å². The topological polar surface area (TPSA) is 87.5 Å². The average Bonchev–Trinajstić information content (AvgIpc) is 3.08. The van der Waals surface area contributed by atoms with Crippen molar-refractivity contribution in [3.05, 3.63) is 42.4 Å². The molecule has 8 nitrogen and oxygen atoms in total. The summed E-state index contributed by atoms with van der Waals surface area (Å²) in [6.07, 6.45) is 1.42. The van der Waals surface area contributed by atoms with E-state index in [1.165, 1.54) is 13.4 Å². The maximum Gasteiger partial charge on any atom is 0.317 e. The van der Waals surface area contributed by atoms with Gasteiger partial charge >= 0.3 is 5.97 Å². The average molecular weight is 344 g/mol. The quantitative estimate of drug-likeness (QED) is 0.830. The summed E-state index contributed by atoms with van der Waals surface area (Å²) in [5.74, 6) is 0.671. The smallest absolute Gasteiger partial charge is 0.317 e. The number of methoxy groups -OCH3 is 2. The van der Waals surface area contributed by atoms with Gasteiger partial charge in [0.2, 0.25) is 5.95 Å². The Morgan fingerprint density at radius 1 is 1.36 bits per heavy atom. The maximum atomic E-state index is 12.4. The molecule has 2 heterocycles. The molecule has 0 amide bonds. The van der Waals surface area contributed by atoms with Gasteiger partial charge in [0.05, 0.1) is 26.9 Å². The Labute approximate surface area is 145 Å². The van der Waals surface area contributed by atoms with E-state index in [2.05, 4.69) is 22.0 Å². The van der Waals surface area contributed by atoms with Gasteiger partial charge in [-0.25, -0.2) is 4.68 Å². The molecule has 1 aliphatic rings. The van der Waals surface area contributed by atoms with Crippen molar-refractivity contribution in [2.45, 2.75) is 13.0 Å². The third-order valence-electron chi connectivity index (χ3n) is 4.08. The Kier molecular flexibility index (Phi) is 4.60. The summed E-state index contributed by atoms with van der Waals surface area (Å²) >= 11 is 0. The Morgan fingerprint density at radius 3 is 2.84 bits per heavy atom. The first kappa shape index (κ1) is 16.8. The van der Waals surface area contributed by atoms with Crippen molar-refractivity contribution in [3.8, 4) is 11.5 Å². The van der Waals surface area contributed by atoms with Gasteiger partial charge in [0.1, 0.15) is 12.2 Å². The lowest BCUT2D eigenvalue weighted by molar-refractivity contribution is -0.145. The standard InChI is InChI=1S/C17H20N4O4/c1-5-25-12-7-6-11(8-13(12)23-3)15-14(16(22)24-4)10(2)20-17-18-9-19-21(15)17/h6-9,14-15H,2,5H2,1,3-4H3,(H,18,19,20). The van der Waals surface area contributed by atoms with Crippen LogP contribution in [-0.2, 0) is 9.53 Å². The number of nitrogens with one attached hydrogen (secondary N) is 1. The van der Waals surface area contributed by atoms with Crippen molar-refractivity contribution < 1.29 is 19.0 Å². The Balaban J connectivity index is 2.11. The summed E-state index contributed by atoms with van der Waals surface area (Å²) < 4.78 is 17.6. The van der Waals surface area contributed by atoms with Crippen molar-refractivity contribution in [1.82, 2.24) is 14.8 Å². The van der Waals surface area contributed by atoms with Crippen molar-refractivity contribution in [1.29, 1.82) is 0 Å². The van der Waals surface area contributed by atoms with Crippen LogP contribution < -0.4 is 14.8 Å². The molecule has 1 aliphatic heterocycles. The van der Waals surface area contributed by atoms with Gasteiger partial charge in [-0.2, -0.15) is 10.1 Å². The van der Waals surface area contributed by atoms with Crippen LogP contribution in [0.15, 0.2) is 36.8 Å². The van der Waals surface area contributed by atoms with E-state index in [9.17, 15) is 4.79 Å². The van der Waals surface area contributed by atoms with Crippen LogP contribution in [0.1, 0.15) is 18.5 Å². The second-order valence-corrected chi connectivity index (χ2v) is 5.47. The van der Waals surface area contributed by atoms with Gasteiger partial charge in [-0.3, -0.25) is 4.79 Å². The van der Waals surface area contributed by atoms with Crippen LogP contribution in [0.4, 0.5) is 5.95 Å². The molecule has 1 aromatic heterocycles. The van der Waals surface area contributed by atoms with E-state index in [0.29, 0.717) is 29.8 Å². The van der Waals surface area contributed by atoms with E-state index in [1.54, 1.807) is 11.8 Å². The van der Waals surface area contributed by atoms with Gasteiger partial charge in [0.25, 0.3) is 0 Å². The molecule has 2 aromatic rings. The van der Waals surface area contributed by atoms with E-state index in [-0.39, 0.29) is 0 Å². The second kappa shape index (κ2) is 6.84. The molecular formula is C17H20N4O4. The predicted octanol–water partition coefficient (Wildman–Crippen LogP) is 2.00. The van der Waals surface area contributed by atoms with Crippen molar-refractivity contribution in [3.63, 3.8) is 0 Å². The second-order valence-electron chi connectivity index (χ2n) is 5.47. The molecule has 25 heavy (non-hydrogen) atoms. The number of hydrogen-bond acceptors (Lipinski definition) is 7. The molecule has 0 spiro atoms. The SMILES string of the molecule is C=C1Nc2ncnn2C(c2ccc(OCC)c(OC)c2)C1C(=O)OC. The monoisotopic (exact) mass is 344 g/mol. The zero-order chi connectivity index (χ0) is 18.0. The molecule has 132 valence electrons. The maximum absolute atomic E-state index is 12.4. The van der Waals surface area contributed by atoms with E-state index >= 15 is 0 Å². The van der Waals surface area contributed by atoms with Gasteiger partial charge in [-0.1, -0.05) is 12.6 Å². The minimum absolute atomic E-state index is 0.406. The molecule has 8 heteroatoms. The summed E-state index contributed by atoms with van der Waals surface area (Å²) in [4.78, 5) is 16.5. The fraction of sp³-hybridized carbons (Fsp3) is 0.353. The molecule has 0 fully saturated rings. The van der Waals surface area contributed by atoms with Crippen molar-refractivity contribution in [2.75, 3.05) is 26.1 Å². The molecule has 0 saturated carbocycles. The molecule has 2 atom stereocenters. The number of carbonyl (C=O) groups excluding carboxylic acids is 1. The molecule has 1 N–H and O–H groups in total. The molecule has 0 saturated heterocycles. The number of benzene rings is 1. The Bertz CT molecular complexity index is 802. The van der Waals surface area contributed by atoms with Crippen LogP contribution in [0, 0.1) is 5.92 Å².